The Morgan fingerprint density at radius 3 is 2.20 bits per heavy atom. The van der Waals surface area contributed by atoms with Crippen LogP contribution in [-0.4, -0.2) is 17.8 Å². The predicted molar refractivity (Wildman–Crippen MR) is 41.4 cm³/mol. The van der Waals surface area contributed by atoms with E-state index in [1.165, 1.54) is 0 Å². The van der Waals surface area contributed by atoms with Crippen LogP contribution in [0.1, 0.15) is 13.8 Å². The Balaban J connectivity index is 3.61. The number of halogens is 2. The average Bonchev–Trinajstić information content (AvgIpc) is 1.90. The molecule has 0 saturated carbocycles. The first-order valence-corrected chi connectivity index (χ1v) is 4.86. The molecule has 0 aliphatic rings. The smallest absolute Gasteiger partial charge is 0.242 e. The van der Waals surface area contributed by atoms with Gasteiger partial charge in [0.2, 0.25) is 0 Å². The van der Waals surface area contributed by atoms with Crippen LogP contribution in [0.25, 0.3) is 0 Å². The summed E-state index contributed by atoms with van der Waals surface area (Å²) >= 11 is 0. The van der Waals surface area contributed by atoms with Gasteiger partial charge in [-0.25, -0.2) is 4.67 Å². The Morgan fingerprint density at radius 2 is 1.90 bits per heavy atom. The molecule has 60 valence electrons. The van der Waals surface area contributed by atoms with Gasteiger partial charge in [0.05, 0.1) is 0 Å². The third kappa shape index (κ3) is 5.16. The van der Waals surface area contributed by atoms with Gasteiger partial charge in [0, 0.05) is 13.1 Å². The van der Waals surface area contributed by atoms with Crippen LogP contribution in [0.15, 0.2) is 4.52 Å². The molecule has 10 heavy (non-hydrogen) atoms. The highest BCUT2D eigenvalue weighted by atomic mass is 31.2. The van der Waals surface area contributed by atoms with Gasteiger partial charge in [-0.3, -0.25) is 0 Å². The summed E-state index contributed by atoms with van der Waals surface area (Å²) in [6.45, 7) is 5.38. The largest absolute Gasteiger partial charge is 0.397 e. The van der Waals surface area contributed by atoms with Crippen LogP contribution in [0, 0.1) is 0 Å². The zero-order valence-corrected chi connectivity index (χ0v) is 7.75. The summed E-state index contributed by atoms with van der Waals surface area (Å²) in [5.41, 5.74) is 0. The molecule has 0 aliphatic heterocycles. The van der Waals surface area contributed by atoms with Crippen LogP contribution in [0.5, 0.6) is 0 Å². The fourth-order valence-electron chi connectivity index (χ4n) is 0.437. The summed E-state index contributed by atoms with van der Waals surface area (Å²) in [5.74, 6) is 0. The number of hydrogen-bond donors (Lipinski definition) is 0. The lowest BCUT2D eigenvalue weighted by molar-refractivity contribution is 0.520. The van der Waals surface area contributed by atoms with Crippen molar-refractivity contribution in [2.75, 3.05) is 13.1 Å². The molecule has 0 amide bonds. The van der Waals surface area contributed by atoms with Crippen LogP contribution in [0.2, 0.25) is 0 Å². The van der Waals surface area contributed by atoms with E-state index in [1.54, 1.807) is 0 Å². The Hall–Kier alpha value is 0.350. The third-order valence-corrected chi connectivity index (χ3v) is 2.64. The van der Waals surface area contributed by atoms with E-state index in [0.717, 1.165) is 13.1 Å². The van der Waals surface area contributed by atoms with Crippen LogP contribution >= 0.6 is 17.2 Å². The maximum Gasteiger partial charge on any atom is 0.397 e. The topological polar surface area (TPSA) is 15.6 Å². The van der Waals surface area contributed by atoms with Crippen LogP contribution in [0.4, 0.5) is 8.39 Å². The first-order chi connectivity index (χ1) is 4.70. The van der Waals surface area contributed by atoms with Crippen LogP contribution in [-0.2, 0) is 0 Å². The second-order valence-corrected chi connectivity index (χ2v) is 3.42. The standard InChI is InChI=1S/C4H10F2N2P2/c1-3-8(4-2)9-7-10(5)6/h3-4H2,1-2H3. The first-order valence-electron chi connectivity index (χ1n) is 2.98. The lowest BCUT2D eigenvalue weighted by atomic mass is 10.7. The summed E-state index contributed by atoms with van der Waals surface area (Å²) < 4.78 is 28.0. The van der Waals surface area contributed by atoms with E-state index in [0.29, 0.717) is 8.52 Å². The second kappa shape index (κ2) is 6.09. The van der Waals surface area contributed by atoms with Crippen molar-refractivity contribution in [2.45, 2.75) is 13.8 Å². The lowest BCUT2D eigenvalue weighted by Gasteiger charge is -2.07. The molecule has 0 aromatic carbocycles. The molecule has 0 N–H and O–H groups in total. The Labute approximate surface area is 62.6 Å². The Morgan fingerprint density at radius 1 is 1.40 bits per heavy atom. The van der Waals surface area contributed by atoms with Crippen molar-refractivity contribution < 1.29 is 8.39 Å². The summed E-state index contributed by atoms with van der Waals surface area (Å²) in [5, 5.41) is 0. The fourth-order valence-corrected chi connectivity index (χ4v) is 1.38. The van der Waals surface area contributed by atoms with E-state index in [1.807, 2.05) is 18.5 Å². The van der Waals surface area contributed by atoms with E-state index in [4.69, 9.17) is 0 Å². The highest BCUT2D eigenvalue weighted by Crippen LogP contribution is 2.43. The third-order valence-electron chi connectivity index (χ3n) is 0.964. The molecule has 6 heteroatoms. The average molecular weight is 186 g/mol. The van der Waals surface area contributed by atoms with Crippen molar-refractivity contribution >= 4 is 17.2 Å². The minimum atomic E-state index is -3.07. The normalized spacial score (nSPS) is 12.2. The minimum absolute atomic E-state index is 0.404. The Kier molecular flexibility index (Phi) is 6.30. The Bertz CT molecular complexity index is 105. The molecule has 0 fully saturated rings. The molecule has 0 aromatic rings. The maximum absolute atomic E-state index is 11.5. The quantitative estimate of drug-likeness (QED) is 0.613. The molecule has 0 saturated heterocycles. The molecule has 0 atom stereocenters. The van der Waals surface area contributed by atoms with Gasteiger partial charge in [0.25, 0.3) is 0 Å². The second-order valence-electron chi connectivity index (χ2n) is 1.53. The number of hydrogen-bond acceptors (Lipinski definition) is 1. The number of rotatable bonds is 4. The zero-order chi connectivity index (χ0) is 7.98. The highest BCUT2D eigenvalue weighted by Gasteiger charge is 2.00. The molecule has 0 heterocycles. The molecule has 0 spiro atoms. The molecule has 0 bridgehead atoms. The first kappa shape index (κ1) is 10.3. The summed E-state index contributed by atoms with van der Waals surface area (Å²) in [7, 11) is -2.67. The summed E-state index contributed by atoms with van der Waals surface area (Å²) in [6.07, 6.45) is 0. The molecule has 0 rings (SSSR count). The SMILES string of the molecule is CCN(CC)P=NP(F)F. The van der Waals surface area contributed by atoms with Crippen molar-refractivity contribution in [3.8, 4) is 0 Å². The van der Waals surface area contributed by atoms with E-state index < -0.39 is 8.69 Å². The summed E-state index contributed by atoms with van der Waals surface area (Å²) in [6, 6.07) is 0. The van der Waals surface area contributed by atoms with Gasteiger partial charge in [0.1, 0.15) is 8.52 Å². The van der Waals surface area contributed by atoms with Crippen molar-refractivity contribution in [3.05, 3.63) is 0 Å². The highest BCUT2D eigenvalue weighted by molar-refractivity contribution is 7.50. The molecular formula is C4H10F2N2P2. The van der Waals surface area contributed by atoms with E-state index >= 15 is 0 Å². The van der Waals surface area contributed by atoms with Crippen LogP contribution in [0.3, 0.4) is 0 Å². The van der Waals surface area contributed by atoms with Crippen molar-refractivity contribution in [1.29, 1.82) is 0 Å². The van der Waals surface area contributed by atoms with Crippen molar-refractivity contribution in [1.82, 2.24) is 4.67 Å². The van der Waals surface area contributed by atoms with Gasteiger partial charge in [-0.15, -0.1) is 0 Å². The molecule has 2 nitrogen and oxygen atoms in total. The molecule has 0 aliphatic carbocycles. The van der Waals surface area contributed by atoms with Crippen molar-refractivity contribution in [3.63, 3.8) is 0 Å². The lowest BCUT2D eigenvalue weighted by Crippen LogP contribution is -2.09. The molecule has 0 aromatic heterocycles. The van der Waals surface area contributed by atoms with Gasteiger partial charge < -0.3 is 0 Å². The maximum atomic E-state index is 11.5. The zero-order valence-electron chi connectivity index (χ0n) is 5.96. The number of nitrogens with zero attached hydrogens (tertiary/aromatic N) is 2. The van der Waals surface area contributed by atoms with Gasteiger partial charge in [-0.1, -0.05) is 13.8 Å². The van der Waals surface area contributed by atoms with Gasteiger partial charge in [-0.05, 0) is 0 Å². The summed E-state index contributed by atoms with van der Waals surface area (Å²) in [4.78, 5) is 0. The van der Waals surface area contributed by atoms with Gasteiger partial charge >= 0.3 is 8.69 Å². The van der Waals surface area contributed by atoms with Gasteiger partial charge in [-0.2, -0.15) is 12.9 Å². The monoisotopic (exact) mass is 186 g/mol. The van der Waals surface area contributed by atoms with Gasteiger partial charge in [0.15, 0.2) is 0 Å². The molecule has 0 radical (unpaired) electrons. The van der Waals surface area contributed by atoms with Crippen molar-refractivity contribution in [2.24, 2.45) is 4.52 Å². The minimum Gasteiger partial charge on any atom is -0.242 e. The predicted octanol–water partition coefficient (Wildman–Crippen LogP) is 3.54. The fraction of sp³-hybridized carbons (Fsp3) is 1.00. The van der Waals surface area contributed by atoms with Crippen LogP contribution < -0.4 is 0 Å². The van der Waals surface area contributed by atoms with E-state index in [9.17, 15) is 8.39 Å². The van der Waals surface area contributed by atoms with E-state index in [2.05, 4.69) is 4.52 Å². The molecule has 0 unspecified atom stereocenters. The van der Waals surface area contributed by atoms with E-state index in [-0.39, 0.29) is 0 Å². The molecular weight excluding hydrogens is 176 g/mol.